The molecule has 2 heteroatoms. The van der Waals surface area contributed by atoms with E-state index in [2.05, 4.69) is 18.8 Å². The minimum atomic E-state index is 0.0556. The molecule has 1 aliphatic rings. The highest BCUT2D eigenvalue weighted by atomic mass is 16.5. The average Bonchev–Trinajstić information content (AvgIpc) is 2.36. The van der Waals surface area contributed by atoms with Crippen molar-refractivity contribution in [1.82, 2.24) is 0 Å². The van der Waals surface area contributed by atoms with Gasteiger partial charge in [0, 0.05) is 0 Å². The molecule has 1 aliphatic heterocycles. The highest BCUT2D eigenvalue weighted by molar-refractivity contribution is 5.50. The smallest absolute Gasteiger partial charge is 0.170 e. The fraction of sp³-hybridized carbons (Fsp3) is 0.857. The third kappa shape index (κ3) is 1.07. The summed E-state index contributed by atoms with van der Waals surface area (Å²) in [6, 6.07) is 0. The number of hydrogen-bond acceptors (Lipinski definition) is 2. The summed E-state index contributed by atoms with van der Waals surface area (Å²) in [7, 11) is 0. The van der Waals surface area contributed by atoms with Gasteiger partial charge < -0.3 is 4.74 Å². The summed E-state index contributed by atoms with van der Waals surface area (Å²) in [5, 5.41) is 0. The monoisotopic (exact) mass is 127 g/mol. The first kappa shape index (κ1) is 6.59. The first-order valence-corrected chi connectivity index (χ1v) is 3.49. The van der Waals surface area contributed by atoms with E-state index in [9.17, 15) is 0 Å². The lowest BCUT2D eigenvalue weighted by Gasteiger charge is -2.23. The molecule has 0 saturated heterocycles. The molecule has 0 aromatic carbocycles. The molecule has 0 fully saturated rings. The van der Waals surface area contributed by atoms with Gasteiger partial charge in [0.15, 0.2) is 6.40 Å². The van der Waals surface area contributed by atoms with Crippen LogP contribution in [0, 0.1) is 0 Å². The Balaban J connectivity index is 2.50. The van der Waals surface area contributed by atoms with Crippen molar-refractivity contribution in [3.8, 4) is 0 Å². The van der Waals surface area contributed by atoms with E-state index in [0.29, 0.717) is 0 Å². The van der Waals surface area contributed by atoms with Gasteiger partial charge in [0.05, 0.1) is 6.54 Å². The van der Waals surface area contributed by atoms with Crippen LogP contribution in [0.25, 0.3) is 0 Å². The van der Waals surface area contributed by atoms with Crippen LogP contribution in [-0.2, 0) is 4.74 Å². The summed E-state index contributed by atoms with van der Waals surface area (Å²) in [6.45, 7) is 5.12. The minimum Gasteiger partial charge on any atom is -0.475 e. The molecule has 0 radical (unpaired) electrons. The second kappa shape index (κ2) is 2.38. The molecule has 1 rings (SSSR count). The lowest BCUT2D eigenvalue weighted by atomic mass is 9.98. The van der Waals surface area contributed by atoms with Crippen molar-refractivity contribution in [2.24, 2.45) is 4.99 Å². The van der Waals surface area contributed by atoms with E-state index in [0.717, 1.165) is 19.4 Å². The average molecular weight is 127 g/mol. The van der Waals surface area contributed by atoms with Gasteiger partial charge in [0.2, 0.25) is 0 Å². The molecule has 0 N–H and O–H groups in total. The van der Waals surface area contributed by atoms with Crippen molar-refractivity contribution < 1.29 is 4.74 Å². The molecule has 0 amide bonds. The summed E-state index contributed by atoms with van der Waals surface area (Å²) in [4.78, 5) is 4.03. The summed E-state index contributed by atoms with van der Waals surface area (Å²) in [6.07, 6.45) is 3.69. The summed E-state index contributed by atoms with van der Waals surface area (Å²) >= 11 is 0. The highest BCUT2D eigenvalue weighted by Crippen LogP contribution is 2.22. The first-order chi connectivity index (χ1) is 4.33. The second-order valence-corrected chi connectivity index (χ2v) is 2.45. The van der Waals surface area contributed by atoms with E-state index >= 15 is 0 Å². The molecule has 52 valence electrons. The maximum absolute atomic E-state index is 5.35. The fourth-order valence-electron chi connectivity index (χ4n) is 1.03. The van der Waals surface area contributed by atoms with Crippen LogP contribution in [0.3, 0.4) is 0 Å². The third-order valence-electron chi connectivity index (χ3n) is 2.05. The standard InChI is InChI=1S/C7H13NO/c1-3-7(4-2)5-8-6-9-7/h6H,3-5H2,1-2H3. The zero-order valence-electron chi connectivity index (χ0n) is 6.05. The molecule has 0 aliphatic carbocycles. The van der Waals surface area contributed by atoms with Gasteiger partial charge in [-0.1, -0.05) is 13.8 Å². The molecule has 0 unspecified atom stereocenters. The Bertz CT molecular complexity index is 106. The molecular formula is C7H13NO. The van der Waals surface area contributed by atoms with E-state index < -0.39 is 0 Å². The van der Waals surface area contributed by atoms with Crippen molar-refractivity contribution in [2.45, 2.75) is 32.3 Å². The van der Waals surface area contributed by atoms with Crippen molar-refractivity contribution in [1.29, 1.82) is 0 Å². The Morgan fingerprint density at radius 3 is 2.44 bits per heavy atom. The summed E-state index contributed by atoms with van der Waals surface area (Å²) < 4.78 is 5.35. The topological polar surface area (TPSA) is 21.6 Å². The molecule has 0 spiro atoms. The van der Waals surface area contributed by atoms with Crippen LogP contribution < -0.4 is 0 Å². The maximum Gasteiger partial charge on any atom is 0.170 e. The van der Waals surface area contributed by atoms with Crippen molar-refractivity contribution in [2.75, 3.05) is 6.54 Å². The van der Waals surface area contributed by atoms with E-state index in [1.807, 2.05) is 0 Å². The van der Waals surface area contributed by atoms with Crippen LogP contribution in [0.5, 0.6) is 0 Å². The van der Waals surface area contributed by atoms with Gasteiger partial charge >= 0.3 is 0 Å². The molecule has 0 aromatic rings. The predicted molar refractivity (Wildman–Crippen MR) is 37.8 cm³/mol. The van der Waals surface area contributed by atoms with Gasteiger partial charge in [-0.25, -0.2) is 0 Å². The lowest BCUT2D eigenvalue weighted by Crippen LogP contribution is -2.29. The number of hydrogen-bond donors (Lipinski definition) is 0. The zero-order chi connectivity index (χ0) is 6.74. The van der Waals surface area contributed by atoms with Crippen LogP contribution in [0.2, 0.25) is 0 Å². The zero-order valence-corrected chi connectivity index (χ0v) is 6.05. The van der Waals surface area contributed by atoms with Gasteiger partial charge in [0.25, 0.3) is 0 Å². The Kier molecular flexibility index (Phi) is 1.74. The van der Waals surface area contributed by atoms with Crippen molar-refractivity contribution in [3.05, 3.63) is 0 Å². The van der Waals surface area contributed by atoms with Crippen LogP contribution in [-0.4, -0.2) is 18.5 Å². The normalized spacial score (nSPS) is 22.0. The second-order valence-electron chi connectivity index (χ2n) is 2.45. The Morgan fingerprint density at radius 1 is 1.56 bits per heavy atom. The lowest BCUT2D eigenvalue weighted by molar-refractivity contribution is 0.0855. The van der Waals surface area contributed by atoms with E-state index in [1.54, 1.807) is 6.40 Å². The SMILES string of the molecule is CCC1(CC)CN=CO1. The van der Waals surface area contributed by atoms with E-state index in [4.69, 9.17) is 4.74 Å². The molecule has 0 atom stereocenters. The number of ether oxygens (including phenoxy) is 1. The molecular weight excluding hydrogens is 114 g/mol. The van der Waals surface area contributed by atoms with E-state index in [1.165, 1.54) is 0 Å². The molecule has 0 saturated carbocycles. The summed E-state index contributed by atoms with van der Waals surface area (Å²) in [5.41, 5.74) is 0.0556. The minimum absolute atomic E-state index is 0.0556. The maximum atomic E-state index is 5.35. The third-order valence-corrected chi connectivity index (χ3v) is 2.05. The Morgan fingerprint density at radius 2 is 2.22 bits per heavy atom. The van der Waals surface area contributed by atoms with Gasteiger partial charge in [-0.2, -0.15) is 0 Å². The van der Waals surface area contributed by atoms with Crippen molar-refractivity contribution >= 4 is 6.40 Å². The van der Waals surface area contributed by atoms with E-state index in [-0.39, 0.29) is 5.60 Å². The quantitative estimate of drug-likeness (QED) is 0.552. The predicted octanol–water partition coefficient (Wildman–Crippen LogP) is 1.60. The molecule has 2 nitrogen and oxygen atoms in total. The Hall–Kier alpha value is -0.530. The number of rotatable bonds is 2. The van der Waals surface area contributed by atoms with Gasteiger partial charge in [-0.05, 0) is 12.8 Å². The van der Waals surface area contributed by atoms with Gasteiger partial charge in [0.1, 0.15) is 5.60 Å². The van der Waals surface area contributed by atoms with Crippen LogP contribution >= 0.6 is 0 Å². The summed E-state index contributed by atoms with van der Waals surface area (Å²) in [5.74, 6) is 0. The molecule has 0 bridgehead atoms. The van der Waals surface area contributed by atoms with Crippen LogP contribution in [0.4, 0.5) is 0 Å². The Labute approximate surface area is 55.9 Å². The van der Waals surface area contributed by atoms with Crippen LogP contribution in [0.1, 0.15) is 26.7 Å². The van der Waals surface area contributed by atoms with Gasteiger partial charge in [-0.15, -0.1) is 0 Å². The first-order valence-electron chi connectivity index (χ1n) is 3.49. The molecule has 9 heavy (non-hydrogen) atoms. The number of nitrogens with zero attached hydrogens (tertiary/aromatic N) is 1. The molecule has 1 heterocycles. The molecule has 0 aromatic heterocycles. The number of aliphatic imine (C=N–C) groups is 1. The van der Waals surface area contributed by atoms with Gasteiger partial charge in [-0.3, -0.25) is 4.99 Å². The van der Waals surface area contributed by atoms with Crippen LogP contribution in [0.15, 0.2) is 4.99 Å². The largest absolute Gasteiger partial charge is 0.475 e. The highest BCUT2D eigenvalue weighted by Gasteiger charge is 2.29. The van der Waals surface area contributed by atoms with Crippen molar-refractivity contribution in [3.63, 3.8) is 0 Å². The fourth-order valence-corrected chi connectivity index (χ4v) is 1.03.